The van der Waals surface area contributed by atoms with Crippen molar-refractivity contribution in [3.63, 3.8) is 0 Å². The van der Waals surface area contributed by atoms with Gasteiger partial charge in [0.05, 0.1) is 9.79 Å². The SMILES string of the molecule is Cc1cc(S(C)(=O)=O)c(C)c(S(=O)(=O)Nc2noc(C3CC3)n2)c1. The van der Waals surface area contributed by atoms with E-state index in [1.165, 1.54) is 19.1 Å². The van der Waals surface area contributed by atoms with Gasteiger partial charge < -0.3 is 4.52 Å². The minimum atomic E-state index is -4.04. The van der Waals surface area contributed by atoms with Crippen molar-refractivity contribution in [2.45, 2.75) is 42.4 Å². The van der Waals surface area contributed by atoms with Crippen molar-refractivity contribution in [2.75, 3.05) is 11.0 Å². The first-order valence-corrected chi connectivity index (χ1v) is 10.6. The second-order valence-electron chi connectivity index (χ2n) is 5.99. The van der Waals surface area contributed by atoms with Crippen LogP contribution in [0, 0.1) is 13.8 Å². The van der Waals surface area contributed by atoms with E-state index in [9.17, 15) is 16.8 Å². The topological polar surface area (TPSA) is 119 Å². The molecule has 1 saturated carbocycles. The fraction of sp³-hybridized carbons (Fsp3) is 0.429. The van der Waals surface area contributed by atoms with Crippen LogP contribution in [0.15, 0.2) is 26.4 Å². The Morgan fingerprint density at radius 3 is 2.33 bits per heavy atom. The molecule has 0 unspecified atom stereocenters. The molecular weight excluding hydrogens is 354 g/mol. The van der Waals surface area contributed by atoms with Crippen molar-refractivity contribution in [1.82, 2.24) is 10.1 Å². The maximum Gasteiger partial charge on any atom is 0.277 e. The molecular formula is C14H17N3O5S2. The molecule has 10 heteroatoms. The van der Waals surface area contributed by atoms with Crippen molar-refractivity contribution in [2.24, 2.45) is 0 Å². The van der Waals surface area contributed by atoms with Gasteiger partial charge in [-0.1, -0.05) is 0 Å². The van der Waals surface area contributed by atoms with Gasteiger partial charge in [-0.25, -0.2) is 21.6 Å². The summed E-state index contributed by atoms with van der Waals surface area (Å²) < 4.78 is 56.3. The molecule has 1 heterocycles. The summed E-state index contributed by atoms with van der Waals surface area (Å²) in [4.78, 5) is 3.88. The maximum atomic E-state index is 12.6. The van der Waals surface area contributed by atoms with E-state index in [1.807, 2.05) is 0 Å². The van der Waals surface area contributed by atoms with Crippen LogP contribution in [0.3, 0.4) is 0 Å². The smallest absolute Gasteiger partial charge is 0.277 e. The third-order valence-electron chi connectivity index (χ3n) is 3.74. The van der Waals surface area contributed by atoms with Gasteiger partial charge in [-0.2, -0.15) is 4.98 Å². The zero-order chi connectivity index (χ0) is 17.7. The van der Waals surface area contributed by atoms with Gasteiger partial charge in [-0.3, -0.25) is 0 Å². The summed E-state index contributed by atoms with van der Waals surface area (Å²) in [5.41, 5.74) is 0.676. The van der Waals surface area contributed by atoms with Crippen LogP contribution in [0.25, 0.3) is 0 Å². The number of aromatic nitrogens is 2. The number of nitrogens with one attached hydrogen (secondary N) is 1. The highest BCUT2D eigenvalue weighted by Gasteiger charge is 2.31. The molecule has 0 aliphatic heterocycles. The van der Waals surface area contributed by atoms with Crippen LogP contribution < -0.4 is 4.72 Å². The first kappa shape index (κ1) is 16.9. The van der Waals surface area contributed by atoms with Gasteiger partial charge in [-0.15, -0.1) is 0 Å². The van der Waals surface area contributed by atoms with Gasteiger partial charge in [0.2, 0.25) is 5.89 Å². The number of sulfone groups is 1. The molecule has 0 saturated heterocycles. The third-order valence-corrected chi connectivity index (χ3v) is 6.42. The van der Waals surface area contributed by atoms with Crippen molar-refractivity contribution in [3.8, 4) is 0 Å². The van der Waals surface area contributed by atoms with Gasteiger partial charge in [0.25, 0.3) is 16.0 Å². The molecule has 0 amide bonds. The number of rotatable bonds is 5. The summed E-state index contributed by atoms with van der Waals surface area (Å²) in [6.07, 6.45) is 2.94. The highest BCUT2D eigenvalue weighted by atomic mass is 32.2. The van der Waals surface area contributed by atoms with E-state index in [0.29, 0.717) is 11.5 Å². The van der Waals surface area contributed by atoms with Crippen molar-refractivity contribution in [3.05, 3.63) is 29.2 Å². The first-order chi connectivity index (χ1) is 11.1. The molecule has 1 aliphatic carbocycles. The Morgan fingerprint density at radius 2 is 1.75 bits per heavy atom. The average Bonchev–Trinajstić information content (AvgIpc) is 3.20. The molecule has 0 spiro atoms. The van der Waals surface area contributed by atoms with Crippen LogP contribution >= 0.6 is 0 Å². The molecule has 0 bridgehead atoms. The standard InChI is InChI=1S/C14H17N3O5S2/c1-8-6-11(23(3,18)19)9(2)12(7-8)24(20,21)17-14-15-13(22-16-14)10-4-5-10/h6-7,10H,4-5H2,1-3H3,(H,16,17). The van der Waals surface area contributed by atoms with Crippen molar-refractivity contribution < 1.29 is 21.4 Å². The quantitative estimate of drug-likeness (QED) is 0.850. The van der Waals surface area contributed by atoms with E-state index < -0.39 is 19.9 Å². The minimum Gasteiger partial charge on any atom is -0.337 e. The second-order valence-corrected chi connectivity index (χ2v) is 9.63. The predicted octanol–water partition coefficient (Wildman–Crippen LogP) is 1.77. The molecule has 1 fully saturated rings. The lowest BCUT2D eigenvalue weighted by molar-refractivity contribution is 0.380. The molecule has 3 rings (SSSR count). The lowest BCUT2D eigenvalue weighted by Gasteiger charge is -2.12. The molecule has 0 atom stereocenters. The molecule has 8 nitrogen and oxygen atoms in total. The number of sulfonamides is 1. The third kappa shape index (κ3) is 3.29. The maximum absolute atomic E-state index is 12.6. The lowest BCUT2D eigenvalue weighted by atomic mass is 10.2. The largest absolute Gasteiger partial charge is 0.337 e. The summed E-state index contributed by atoms with van der Waals surface area (Å²) in [5, 5.41) is 3.62. The Balaban J connectivity index is 2.01. The summed E-state index contributed by atoms with van der Waals surface area (Å²) in [5.74, 6) is 0.456. The van der Waals surface area contributed by atoms with E-state index in [0.717, 1.165) is 19.1 Å². The molecule has 24 heavy (non-hydrogen) atoms. The van der Waals surface area contributed by atoms with Crippen LogP contribution in [-0.2, 0) is 19.9 Å². The molecule has 1 aromatic heterocycles. The predicted molar refractivity (Wildman–Crippen MR) is 86.1 cm³/mol. The van der Waals surface area contributed by atoms with Crippen LogP contribution in [0.1, 0.15) is 35.8 Å². The number of hydrogen-bond donors (Lipinski definition) is 1. The van der Waals surface area contributed by atoms with E-state index in [2.05, 4.69) is 14.9 Å². The van der Waals surface area contributed by atoms with Gasteiger partial charge >= 0.3 is 0 Å². The monoisotopic (exact) mass is 371 g/mol. The number of benzene rings is 1. The Morgan fingerprint density at radius 1 is 1.12 bits per heavy atom. The Bertz CT molecular complexity index is 1010. The van der Waals surface area contributed by atoms with E-state index in [4.69, 9.17) is 4.52 Å². The number of nitrogens with zero attached hydrogens (tertiary/aromatic N) is 2. The molecule has 130 valence electrons. The summed E-state index contributed by atoms with van der Waals surface area (Å²) in [7, 11) is -7.59. The van der Waals surface area contributed by atoms with E-state index in [1.54, 1.807) is 6.92 Å². The molecule has 1 aromatic carbocycles. The Hall–Kier alpha value is -1.94. The minimum absolute atomic E-state index is 0.0188. The van der Waals surface area contributed by atoms with Crippen molar-refractivity contribution in [1.29, 1.82) is 0 Å². The van der Waals surface area contributed by atoms with Crippen LogP contribution in [0.5, 0.6) is 0 Å². The molecule has 1 N–H and O–H groups in total. The lowest BCUT2D eigenvalue weighted by Crippen LogP contribution is -2.17. The first-order valence-electron chi connectivity index (χ1n) is 7.25. The van der Waals surface area contributed by atoms with Crippen LogP contribution in [0.2, 0.25) is 0 Å². The molecule has 0 radical (unpaired) electrons. The number of aryl methyl sites for hydroxylation is 1. The molecule has 1 aliphatic rings. The normalized spacial score (nSPS) is 15.5. The average molecular weight is 371 g/mol. The zero-order valence-electron chi connectivity index (χ0n) is 13.4. The van der Waals surface area contributed by atoms with Gasteiger partial charge in [0.15, 0.2) is 9.84 Å². The highest BCUT2D eigenvalue weighted by molar-refractivity contribution is 7.93. The highest BCUT2D eigenvalue weighted by Crippen LogP contribution is 2.39. The number of anilines is 1. The molecule has 2 aromatic rings. The fourth-order valence-electron chi connectivity index (χ4n) is 2.41. The zero-order valence-corrected chi connectivity index (χ0v) is 15.0. The van der Waals surface area contributed by atoms with Gasteiger partial charge in [0, 0.05) is 12.2 Å². The van der Waals surface area contributed by atoms with Crippen molar-refractivity contribution >= 4 is 25.8 Å². The van der Waals surface area contributed by atoms with E-state index >= 15 is 0 Å². The Labute approximate surface area is 140 Å². The van der Waals surface area contributed by atoms with Gasteiger partial charge in [-0.05, 0) is 55.1 Å². The summed E-state index contributed by atoms with van der Waals surface area (Å²) in [6, 6.07) is 2.86. The van der Waals surface area contributed by atoms with Crippen LogP contribution in [-0.4, -0.2) is 33.2 Å². The second kappa shape index (κ2) is 5.55. The number of hydrogen-bond acceptors (Lipinski definition) is 7. The van der Waals surface area contributed by atoms with E-state index in [-0.39, 0.29) is 27.2 Å². The summed E-state index contributed by atoms with van der Waals surface area (Å²) >= 11 is 0. The Kier molecular flexibility index (Phi) is 3.91. The van der Waals surface area contributed by atoms with Gasteiger partial charge in [0.1, 0.15) is 0 Å². The van der Waals surface area contributed by atoms with Crippen LogP contribution in [0.4, 0.5) is 5.95 Å². The summed E-state index contributed by atoms with van der Waals surface area (Å²) in [6.45, 7) is 3.09. The fourth-order valence-corrected chi connectivity index (χ4v) is 4.82.